The lowest BCUT2D eigenvalue weighted by Crippen LogP contribution is -2.51. The molecule has 0 saturated carbocycles. The van der Waals surface area contributed by atoms with Gasteiger partial charge in [0.05, 0.1) is 17.1 Å². The average Bonchev–Trinajstić information content (AvgIpc) is 2.83. The molecule has 3 rings (SSSR count). The third kappa shape index (κ3) is 5.77. The van der Waals surface area contributed by atoms with E-state index in [1.165, 1.54) is 38.4 Å². The number of benzene rings is 1. The average molecular weight is 468 g/mol. The number of amides is 2. The summed E-state index contributed by atoms with van der Waals surface area (Å²) in [7, 11) is -3.58. The van der Waals surface area contributed by atoms with Crippen LogP contribution in [0.25, 0.3) is 0 Å². The quantitative estimate of drug-likeness (QED) is 0.580. The Morgan fingerprint density at radius 2 is 1.44 bits per heavy atom. The first-order valence-corrected chi connectivity index (χ1v) is 12.2. The van der Waals surface area contributed by atoms with E-state index in [1.807, 2.05) is 0 Å². The molecule has 2 saturated heterocycles. The molecular weight excluding hydrogens is 438 g/mol. The van der Waals surface area contributed by atoms with Gasteiger partial charge in [-0.3, -0.25) is 4.79 Å². The summed E-state index contributed by atoms with van der Waals surface area (Å²) in [6, 6.07) is 5.55. The van der Waals surface area contributed by atoms with Crippen molar-refractivity contribution in [3.8, 4) is 0 Å². The van der Waals surface area contributed by atoms with Crippen molar-refractivity contribution < 1.29 is 32.3 Å². The number of carbonyl (C=O) groups excluding carboxylic acids is 3. The summed E-state index contributed by atoms with van der Waals surface area (Å²) in [4.78, 5) is 39.5. The molecule has 2 aliphatic heterocycles. The molecule has 176 valence electrons. The Labute approximate surface area is 188 Å². The van der Waals surface area contributed by atoms with Crippen molar-refractivity contribution in [2.24, 2.45) is 0 Å². The van der Waals surface area contributed by atoms with E-state index in [0.29, 0.717) is 45.9 Å². The molecule has 0 bridgehead atoms. The van der Waals surface area contributed by atoms with Gasteiger partial charge >= 0.3 is 12.1 Å². The van der Waals surface area contributed by atoms with Gasteiger partial charge in [0, 0.05) is 39.3 Å². The molecule has 0 atom stereocenters. The van der Waals surface area contributed by atoms with Gasteiger partial charge in [-0.25, -0.2) is 18.0 Å². The monoisotopic (exact) mass is 467 g/mol. The van der Waals surface area contributed by atoms with E-state index in [2.05, 4.69) is 0 Å². The van der Waals surface area contributed by atoms with E-state index in [-0.39, 0.29) is 16.4 Å². The highest BCUT2D eigenvalue weighted by Crippen LogP contribution is 2.21. The van der Waals surface area contributed by atoms with Gasteiger partial charge in [0.2, 0.25) is 10.0 Å². The number of carbonyl (C=O) groups is 3. The molecule has 1 aromatic rings. The smallest absolute Gasteiger partial charge is 0.409 e. The van der Waals surface area contributed by atoms with Crippen LogP contribution in [0, 0.1) is 0 Å². The SMILES string of the molecule is CCOC(=O)N1CCN(C(=O)COC(=O)c2ccc(S(=O)(=O)N3CCCCC3)cc2)CC1. The van der Waals surface area contributed by atoms with E-state index in [1.54, 1.807) is 6.92 Å². The van der Waals surface area contributed by atoms with E-state index in [4.69, 9.17) is 9.47 Å². The summed E-state index contributed by atoms with van der Waals surface area (Å²) in [5, 5.41) is 0. The number of sulfonamides is 1. The predicted molar refractivity (Wildman–Crippen MR) is 115 cm³/mol. The molecule has 0 unspecified atom stereocenters. The van der Waals surface area contributed by atoms with Crippen molar-refractivity contribution >= 4 is 28.0 Å². The third-order valence-corrected chi connectivity index (χ3v) is 7.44. The van der Waals surface area contributed by atoms with Crippen LogP contribution in [0.2, 0.25) is 0 Å². The maximum Gasteiger partial charge on any atom is 0.409 e. The minimum absolute atomic E-state index is 0.131. The molecule has 0 aromatic heterocycles. The van der Waals surface area contributed by atoms with Crippen molar-refractivity contribution in [3.05, 3.63) is 29.8 Å². The first kappa shape index (κ1) is 24.0. The highest BCUT2D eigenvalue weighted by atomic mass is 32.2. The Morgan fingerprint density at radius 1 is 0.844 bits per heavy atom. The molecular formula is C21H29N3O7S. The first-order chi connectivity index (χ1) is 15.3. The van der Waals surface area contributed by atoms with E-state index in [9.17, 15) is 22.8 Å². The topological polar surface area (TPSA) is 114 Å². The summed E-state index contributed by atoms with van der Waals surface area (Å²) >= 11 is 0. The maximum atomic E-state index is 12.7. The molecule has 0 spiro atoms. The van der Waals surface area contributed by atoms with Crippen LogP contribution in [0.5, 0.6) is 0 Å². The number of hydrogen-bond acceptors (Lipinski definition) is 7. The Bertz CT molecular complexity index is 919. The Kier molecular flexibility index (Phi) is 8.08. The number of piperazine rings is 1. The fourth-order valence-corrected chi connectivity index (χ4v) is 5.19. The highest BCUT2D eigenvalue weighted by Gasteiger charge is 2.27. The summed E-state index contributed by atoms with van der Waals surface area (Å²) in [6.45, 7) is 3.97. The lowest BCUT2D eigenvalue weighted by molar-refractivity contribution is -0.136. The summed E-state index contributed by atoms with van der Waals surface area (Å²) < 4.78 is 36.9. The van der Waals surface area contributed by atoms with Crippen molar-refractivity contribution in [3.63, 3.8) is 0 Å². The van der Waals surface area contributed by atoms with E-state index < -0.39 is 28.7 Å². The van der Waals surface area contributed by atoms with Gasteiger partial charge in [0.15, 0.2) is 6.61 Å². The maximum absolute atomic E-state index is 12.7. The van der Waals surface area contributed by atoms with Crippen LogP contribution in [-0.2, 0) is 24.3 Å². The standard InChI is InChI=1S/C21H29N3O7S/c1-2-30-21(27)23-14-12-22(13-15-23)19(25)16-31-20(26)17-6-8-18(9-7-17)32(28,29)24-10-4-3-5-11-24/h6-9H,2-5,10-16H2,1H3. The van der Waals surface area contributed by atoms with E-state index >= 15 is 0 Å². The Morgan fingerprint density at radius 3 is 2.03 bits per heavy atom. The molecule has 2 fully saturated rings. The van der Waals surface area contributed by atoms with Crippen LogP contribution in [-0.4, -0.2) is 93.0 Å². The molecule has 2 aliphatic rings. The number of esters is 1. The van der Waals surface area contributed by atoms with Gasteiger partial charge in [-0.05, 0) is 44.0 Å². The van der Waals surface area contributed by atoms with Crippen LogP contribution >= 0.6 is 0 Å². The van der Waals surface area contributed by atoms with Crippen LogP contribution in [0.3, 0.4) is 0 Å². The third-order valence-electron chi connectivity index (χ3n) is 5.53. The molecule has 11 heteroatoms. The molecule has 10 nitrogen and oxygen atoms in total. The largest absolute Gasteiger partial charge is 0.452 e. The van der Waals surface area contributed by atoms with Gasteiger partial charge in [-0.2, -0.15) is 4.31 Å². The molecule has 2 heterocycles. The molecule has 2 amide bonds. The zero-order chi connectivity index (χ0) is 23.1. The lowest BCUT2D eigenvalue weighted by Gasteiger charge is -2.33. The molecule has 32 heavy (non-hydrogen) atoms. The van der Waals surface area contributed by atoms with Gasteiger partial charge in [0.25, 0.3) is 5.91 Å². The molecule has 1 aromatic carbocycles. The van der Waals surface area contributed by atoms with Crippen molar-refractivity contribution in [1.29, 1.82) is 0 Å². The second-order valence-corrected chi connectivity index (χ2v) is 9.57. The molecule has 0 N–H and O–H groups in total. The number of nitrogens with zero attached hydrogens (tertiary/aromatic N) is 3. The minimum atomic E-state index is -3.58. The predicted octanol–water partition coefficient (Wildman–Crippen LogP) is 1.32. The lowest BCUT2D eigenvalue weighted by atomic mass is 10.2. The number of piperidine rings is 1. The summed E-state index contributed by atoms with van der Waals surface area (Å²) in [5.74, 6) is -1.06. The first-order valence-electron chi connectivity index (χ1n) is 10.8. The van der Waals surface area contributed by atoms with Gasteiger partial charge in [-0.1, -0.05) is 6.42 Å². The van der Waals surface area contributed by atoms with Crippen LogP contribution in [0.15, 0.2) is 29.2 Å². The summed E-state index contributed by atoms with van der Waals surface area (Å²) in [5.41, 5.74) is 0.169. The van der Waals surface area contributed by atoms with E-state index in [0.717, 1.165) is 19.3 Å². The second kappa shape index (κ2) is 10.8. The number of ether oxygens (including phenoxy) is 2. The number of rotatable bonds is 6. The Hall–Kier alpha value is -2.66. The van der Waals surface area contributed by atoms with Gasteiger partial charge in [-0.15, -0.1) is 0 Å². The van der Waals surface area contributed by atoms with Crippen molar-refractivity contribution in [1.82, 2.24) is 14.1 Å². The minimum Gasteiger partial charge on any atom is -0.452 e. The second-order valence-electron chi connectivity index (χ2n) is 7.63. The van der Waals surface area contributed by atoms with Crippen LogP contribution in [0.1, 0.15) is 36.5 Å². The fourth-order valence-electron chi connectivity index (χ4n) is 3.67. The fraction of sp³-hybridized carbons (Fsp3) is 0.571. The molecule has 0 radical (unpaired) electrons. The summed E-state index contributed by atoms with van der Waals surface area (Å²) in [6.07, 6.45) is 2.30. The highest BCUT2D eigenvalue weighted by molar-refractivity contribution is 7.89. The van der Waals surface area contributed by atoms with Gasteiger partial charge < -0.3 is 19.3 Å². The van der Waals surface area contributed by atoms with Gasteiger partial charge in [0.1, 0.15) is 0 Å². The van der Waals surface area contributed by atoms with Crippen LogP contribution < -0.4 is 0 Å². The normalized spacial score (nSPS) is 17.7. The zero-order valence-corrected chi connectivity index (χ0v) is 19.0. The number of hydrogen-bond donors (Lipinski definition) is 0. The molecule has 0 aliphatic carbocycles. The zero-order valence-electron chi connectivity index (χ0n) is 18.2. The Balaban J connectivity index is 1.49. The van der Waals surface area contributed by atoms with Crippen molar-refractivity contribution in [2.45, 2.75) is 31.1 Å². The van der Waals surface area contributed by atoms with Crippen molar-refractivity contribution in [2.75, 3.05) is 52.5 Å². The van der Waals surface area contributed by atoms with Crippen LogP contribution in [0.4, 0.5) is 4.79 Å².